The second-order valence-corrected chi connectivity index (χ2v) is 5.21. The van der Waals surface area contributed by atoms with Gasteiger partial charge in [0.1, 0.15) is 0 Å². The van der Waals surface area contributed by atoms with Crippen LogP contribution in [0.15, 0.2) is 16.8 Å². The van der Waals surface area contributed by atoms with Crippen LogP contribution in [0.25, 0.3) is 0 Å². The first kappa shape index (κ1) is 13.7. The smallest absolute Gasteiger partial charge is 0.0356 e. The standard InChI is InChI=1S/C14H25NS/c1-4-7-12(8-5-2)14(15-6-3)13-9-10-16-11-13/h9-12,14-15H,4-8H2,1-3H3. The van der Waals surface area contributed by atoms with Crippen LogP contribution in [0.3, 0.4) is 0 Å². The van der Waals surface area contributed by atoms with Crippen LogP contribution in [0.5, 0.6) is 0 Å². The van der Waals surface area contributed by atoms with Gasteiger partial charge in [0.15, 0.2) is 0 Å². The van der Waals surface area contributed by atoms with Crippen molar-refractivity contribution in [2.24, 2.45) is 5.92 Å². The molecule has 0 spiro atoms. The minimum absolute atomic E-state index is 0.566. The summed E-state index contributed by atoms with van der Waals surface area (Å²) < 4.78 is 0. The van der Waals surface area contributed by atoms with E-state index in [1.54, 1.807) is 0 Å². The summed E-state index contributed by atoms with van der Waals surface area (Å²) in [6, 6.07) is 2.84. The number of hydrogen-bond acceptors (Lipinski definition) is 2. The minimum atomic E-state index is 0.566. The highest BCUT2D eigenvalue weighted by Crippen LogP contribution is 2.30. The quantitative estimate of drug-likeness (QED) is 0.698. The van der Waals surface area contributed by atoms with Crippen LogP contribution in [0.2, 0.25) is 0 Å². The topological polar surface area (TPSA) is 12.0 Å². The van der Waals surface area contributed by atoms with Gasteiger partial charge in [-0.05, 0) is 47.7 Å². The van der Waals surface area contributed by atoms with Gasteiger partial charge in [-0.15, -0.1) is 0 Å². The molecule has 1 nitrogen and oxygen atoms in total. The average Bonchev–Trinajstić information content (AvgIpc) is 2.79. The second-order valence-electron chi connectivity index (χ2n) is 4.43. The zero-order valence-electron chi connectivity index (χ0n) is 10.8. The van der Waals surface area contributed by atoms with Crippen molar-refractivity contribution >= 4 is 11.3 Å². The molecule has 1 unspecified atom stereocenters. The van der Waals surface area contributed by atoms with E-state index in [1.165, 1.54) is 31.2 Å². The van der Waals surface area contributed by atoms with Crippen molar-refractivity contribution in [3.8, 4) is 0 Å². The van der Waals surface area contributed by atoms with Crippen molar-refractivity contribution < 1.29 is 0 Å². The first-order chi connectivity index (χ1) is 7.83. The molecule has 0 amide bonds. The van der Waals surface area contributed by atoms with Gasteiger partial charge in [-0.25, -0.2) is 0 Å². The molecule has 0 radical (unpaired) electrons. The SMILES string of the molecule is CCCC(CCC)C(NCC)c1ccsc1. The maximum absolute atomic E-state index is 3.66. The first-order valence-electron chi connectivity index (χ1n) is 6.58. The fourth-order valence-electron chi connectivity index (χ4n) is 2.45. The van der Waals surface area contributed by atoms with E-state index in [2.05, 4.69) is 42.9 Å². The third kappa shape index (κ3) is 3.91. The van der Waals surface area contributed by atoms with Gasteiger partial charge in [-0.3, -0.25) is 0 Å². The molecule has 1 atom stereocenters. The van der Waals surface area contributed by atoms with Gasteiger partial charge >= 0.3 is 0 Å². The molecule has 0 saturated heterocycles. The summed E-state index contributed by atoms with van der Waals surface area (Å²) in [5, 5.41) is 8.15. The van der Waals surface area contributed by atoms with Gasteiger partial charge in [0.05, 0.1) is 0 Å². The van der Waals surface area contributed by atoms with Crippen molar-refractivity contribution in [3.63, 3.8) is 0 Å². The third-order valence-corrected chi connectivity index (χ3v) is 3.82. The zero-order valence-corrected chi connectivity index (χ0v) is 11.6. The largest absolute Gasteiger partial charge is 0.310 e. The molecule has 0 aliphatic heterocycles. The lowest BCUT2D eigenvalue weighted by Crippen LogP contribution is -2.28. The van der Waals surface area contributed by atoms with E-state index in [1.807, 2.05) is 11.3 Å². The van der Waals surface area contributed by atoms with E-state index in [0.717, 1.165) is 12.5 Å². The molecular weight excluding hydrogens is 214 g/mol. The summed E-state index contributed by atoms with van der Waals surface area (Å²) in [6.07, 6.45) is 5.25. The Kier molecular flexibility index (Phi) is 6.74. The summed E-state index contributed by atoms with van der Waals surface area (Å²) in [7, 11) is 0. The van der Waals surface area contributed by atoms with E-state index < -0.39 is 0 Å². The first-order valence-corrected chi connectivity index (χ1v) is 7.53. The van der Waals surface area contributed by atoms with Gasteiger partial charge in [0.25, 0.3) is 0 Å². The van der Waals surface area contributed by atoms with Crippen LogP contribution in [-0.4, -0.2) is 6.54 Å². The number of rotatable bonds is 8. The summed E-state index contributed by atoms with van der Waals surface area (Å²) >= 11 is 1.81. The molecular formula is C14H25NS. The molecule has 1 rings (SSSR count). The lowest BCUT2D eigenvalue weighted by Gasteiger charge is -2.27. The normalized spacial score (nSPS) is 13.2. The Morgan fingerprint density at radius 1 is 1.19 bits per heavy atom. The maximum Gasteiger partial charge on any atom is 0.0356 e. The van der Waals surface area contributed by atoms with Gasteiger partial charge in [-0.2, -0.15) is 11.3 Å². The monoisotopic (exact) mass is 239 g/mol. The Bertz CT molecular complexity index is 250. The Morgan fingerprint density at radius 3 is 2.31 bits per heavy atom. The Hall–Kier alpha value is -0.340. The molecule has 1 heterocycles. The van der Waals surface area contributed by atoms with E-state index in [4.69, 9.17) is 0 Å². The molecule has 0 aliphatic carbocycles. The summed E-state index contributed by atoms with van der Waals surface area (Å²) in [6.45, 7) is 7.84. The molecule has 0 aliphatic rings. The molecule has 16 heavy (non-hydrogen) atoms. The number of nitrogens with one attached hydrogen (secondary N) is 1. The van der Waals surface area contributed by atoms with Gasteiger partial charge in [-0.1, -0.05) is 33.6 Å². The predicted molar refractivity (Wildman–Crippen MR) is 74.0 cm³/mol. The highest BCUT2D eigenvalue weighted by atomic mass is 32.1. The Balaban J connectivity index is 2.72. The van der Waals surface area contributed by atoms with Crippen molar-refractivity contribution in [1.29, 1.82) is 0 Å². The highest BCUT2D eigenvalue weighted by Gasteiger charge is 2.21. The Morgan fingerprint density at radius 2 is 1.88 bits per heavy atom. The lowest BCUT2D eigenvalue weighted by molar-refractivity contribution is 0.321. The van der Waals surface area contributed by atoms with Crippen LogP contribution in [0.4, 0.5) is 0 Å². The summed E-state index contributed by atoms with van der Waals surface area (Å²) in [4.78, 5) is 0. The van der Waals surface area contributed by atoms with E-state index in [0.29, 0.717) is 6.04 Å². The fraction of sp³-hybridized carbons (Fsp3) is 0.714. The molecule has 0 aromatic carbocycles. The van der Waals surface area contributed by atoms with Crippen LogP contribution in [0.1, 0.15) is 58.1 Å². The third-order valence-electron chi connectivity index (χ3n) is 3.12. The van der Waals surface area contributed by atoms with Crippen LogP contribution in [0, 0.1) is 5.92 Å². The van der Waals surface area contributed by atoms with E-state index >= 15 is 0 Å². The van der Waals surface area contributed by atoms with Crippen LogP contribution >= 0.6 is 11.3 Å². The van der Waals surface area contributed by atoms with Crippen molar-refractivity contribution in [1.82, 2.24) is 5.32 Å². The molecule has 1 aromatic rings. The average molecular weight is 239 g/mol. The van der Waals surface area contributed by atoms with Gasteiger partial charge in [0.2, 0.25) is 0 Å². The molecule has 0 fully saturated rings. The molecule has 92 valence electrons. The van der Waals surface area contributed by atoms with Crippen molar-refractivity contribution in [3.05, 3.63) is 22.4 Å². The van der Waals surface area contributed by atoms with Crippen molar-refractivity contribution in [2.75, 3.05) is 6.54 Å². The molecule has 0 saturated carbocycles. The molecule has 1 aromatic heterocycles. The number of thiophene rings is 1. The van der Waals surface area contributed by atoms with Crippen LogP contribution < -0.4 is 5.32 Å². The predicted octanol–water partition coefficient (Wildman–Crippen LogP) is 4.62. The highest BCUT2D eigenvalue weighted by molar-refractivity contribution is 7.07. The molecule has 0 bridgehead atoms. The van der Waals surface area contributed by atoms with Crippen LogP contribution in [-0.2, 0) is 0 Å². The molecule has 2 heteroatoms. The summed E-state index contributed by atoms with van der Waals surface area (Å²) in [5.74, 6) is 0.796. The molecule has 1 N–H and O–H groups in total. The summed E-state index contributed by atoms with van der Waals surface area (Å²) in [5.41, 5.74) is 1.48. The van der Waals surface area contributed by atoms with Gasteiger partial charge in [0, 0.05) is 6.04 Å². The van der Waals surface area contributed by atoms with Gasteiger partial charge < -0.3 is 5.32 Å². The number of hydrogen-bond donors (Lipinski definition) is 1. The zero-order chi connectivity index (χ0) is 11.8. The maximum atomic E-state index is 3.66. The second kappa shape index (κ2) is 7.86. The Labute approximate surface area is 104 Å². The van der Waals surface area contributed by atoms with E-state index in [-0.39, 0.29) is 0 Å². The fourth-order valence-corrected chi connectivity index (χ4v) is 3.14. The van der Waals surface area contributed by atoms with E-state index in [9.17, 15) is 0 Å². The lowest BCUT2D eigenvalue weighted by atomic mass is 9.87. The minimum Gasteiger partial charge on any atom is -0.310 e. The van der Waals surface area contributed by atoms with Crippen molar-refractivity contribution in [2.45, 2.75) is 52.5 Å².